The lowest BCUT2D eigenvalue weighted by molar-refractivity contribution is 0.0650. The van der Waals surface area contributed by atoms with E-state index in [0.29, 0.717) is 11.3 Å². The standard InChI is InChI=1S/C12H16O5/c1-6-9(17-4)5-8(13)10(11(6)14)12(15)7(2)16-3/h5,7,13-14H,1-4H3. The van der Waals surface area contributed by atoms with Gasteiger partial charge in [0.25, 0.3) is 0 Å². The van der Waals surface area contributed by atoms with Gasteiger partial charge >= 0.3 is 0 Å². The van der Waals surface area contributed by atoms with Gasteiger partial charge in [0.1, 0.15) is 28.9 Å². The molecule has 0 aliphatic carbocycles. The molecule has 1 aromatic rings. The van der Waals surface area contributed by atoms with Crippen LogP contribution in [0.5, 0.6) is 17.2 Å². The maximum Gasteiger partial charge on any atom is 0.198 e. The Bertz CT molecular complexity index is 439. The molecule has 0 saturated carbocycles. The first-order chi connectivity index (χ1) is 7.93. The average molecular weight is 240 g/mol. The van der Waals surface area contributed by atoms with E-state index in [0.717, 1.165) is 0 Å². The number of phenolic OH excluding ortho intramolecular Hbond substituents is 2. The van der Waals surface area contributed by atoms with Gasteiger partial charge in [-0.05, 0) is 13.8 Å². The Morgan fingerprint density at radius 2 is 1.94 bits per heavy atom. The summed E-state index contributed by atoms with van der Waals surface area (Å²) in [5, 5.41) is 19.6. The fourth-order valence-corrected chi connectivity index (χ4v) is 1.50. The maximum atomic E-state index is 11.9. The first-order valence-corrected chi connectivity index (χ1v) is 5.10. The maximum absolute atomic E-state index is 11.9. The molecule has 0 spiro atoms. The molecule has 0 bridgehead atoms. The van der Waals surface area contributed by atoms with Gasteiger partial charge in [0.05, 0.1) is 7.11 Å². The minimum absolute atomic E-state index is 0.141. The van der Waals surface area contributed by atoms with Crippen LogP contribution >= 0.6 is 0 Å². The largest absolute Gasteiger partial charge is 0.507 e. The molecule has 2 N–H and O–H groups in total. The molecule has 0 fully saturated rings. The average Bonchev–Trinajstić information content (AvgIpc) is 2.32. The normalized spacial score (nSPS) is 12.2. The molecule has 94 valence electrons. The number of hydrogen-bond acceptors (Lipinski definition) is 5. The monoisotopic (exact) mass is 240 g/mol. The second-order valence-electron chi connectivity index (χ2n) is 3.69. The summed E-state index contributed by atoms with van der Waals surface area (Å²) in [4.78, 5) is 11.9. The van der Waals surface area contributed by atoms with E-state index in [2.05, 4.69) is 0 Å². The van der Waals surface area contributed by atoms with E-state index in [1.807, 2.05) is 0 Å². The third-order valence-corrected chi connectivity index (χ3v) is 2.67. The van der Waals surface area contributed by atoms with Crippen LogP contribution in [0.3, 0.4) is 0 Å². The van der Waals surface area contributed by atoms with Crippen LogP contribution in [0.2, 0.25) is 0 Å². The fourth-order valence-electron chi connectivity index (χ4n) is 1.50. The summed E-state index contributed by atoms with van der Waals surface area (Å²) in [5.74, 6) is -0.760. The van der Waals surface area contributed by atoms with Gasteiger partial charge in [0, 0.05) is 18.7 Å². The number of methoxy groups -OCH3 is 2. The van der Waals surface area contributed by atoms with Gasteiger partial charge in [-0.15, -0.1) is 0 Å². The molecule has 5 heteroatoms. The van der Waals surface area contributed by atoms with Crippen LogP contribution in [-0.2, 0) is 4.74 Å². The minimum atomic E-state index is -0.736. The molecule has 0 heterocycles. The van der Waals surface area contributed by atoms with Crippen LogP contribution in [0.4, 0.5) is 0 Å². The van der Waals surface area contributed by atoms with Crippen LogP contribution in [0.1, 0.15) is 22.8 Å². The summed E-state index contributed by atoms with van der Waals surface area (Å²) in [5.41, 5.74) is 0.259. The van der Waals surface area contributed by atoms with E-state index in [1.54, 1.807) is 13.8 Å². The summed E-state index contributed by atoms with van der Waals surface area (Å²) in [7, 11) is 2.80. The highest BCUT2D eigenvalue weighted by molar-refractivity contribution is 6.04. The predicted molar refractivity (Wildman–Crippen MR) is 61.9 cm³/mol. The molecule has 1 unspecified atom stereocenters. The minimum Gasteiger partial charge on any atom is -0.507 e. The van der Waals surface area contributed by atoms with Gasteiger partial charge < -0.3 is 19.7 Å². The van der Waals surface area contributed by atoms with Gasteiger partial charge in [0.15, 0.2) is 5.78 Å². The number of carbonyl (C=O) groups is 1. The number of rotatable bonds is 4. The Morgan fingerprint density at radius 3 is 2.41 bits per heavy atom. The summed E-state index contributed by atoms with van der Waals surface area (Å²) >= 11 is 0. The van der Waals surface area contributed by atoms with E-state index in [4.69, 9.17) is 9.47 Å². The van der Waals surface area contributed by atoms with Crippen molar-refractivity contribution < 1.29 is 24.5 Å². The number of carbonyl (C=O) groups excluding carboxylic acids is 1. The third-order valence-electron chi connectivity index (χ3n) is 2.67. The van der Waals surface area contributed by atoms with Gasteiger partial charge in [-0.25, -0.2) is 0 Å². The molecule has 0 aliphatic heterocycles. The van der Waals surface area contributed by atoms with Crippen molar-refractivity contribution in [2.45, 2.75) is 20.0 Å². The highest BCUT2D eigenvalue weighted by Crippen LogP contribution is 2.37. The van der Waals surface area contributed by atoms with Crippen molar-refractivity contribution in [1.29, 1.82) is 0 Å². The molecule has 1 atom stereocenters. The lowest BCUT2D eigenvalue weighted by Gasteiger charge is -2.15. The molecule has 0 aromatic heterocycles. The molecular formula is C12H16O5. The Labute approximate surface area is 99.6 Å². The van der Waals surface area contributed by atoms with Gasteiger partial charge in [0.2, 0.25) is 0 Å². The van der Waals surface area contributed by atoms with Crippen molar-refractivity contribution in [3.63, 3.8) is 0 Å². The lowest BCUT2D eigenvalue weighted by atomic mass is 10.0. The molecule has 0 aliphatic rings. The van der Waals surface area contributed by atoms with Gasteiger partial charge in [-0.3, -0.25) is 4.79 Å². The molecule has 5 nitrogen and oxygen atoms in total. The van der Waals surface area contributed by atoms with Gasteiger partial charge in [-0.1, -0.05) is 0 Å². The Morgan fingerprint density at radius 1 is 1.35 bits per heavy atom. The zero-order chi connectivity index (χ0) is 13.2. The molecular weight excluding hydrogens is 224 g/mol. The lowest BCUT2D eigenvalue weighted by Crippen LogP contribution is -2.19. The SMILES string of the molecule is COc1cc(O)c(C(=O)C(C)OC)c(O)c1C. The zero-order valence-electron chi connectivity index (χ0n) is 10.3. The van der Waals surface area contributed by atoms with Crippen LogP contribution in [0.25, 0.3) is 0 Å². The van der Waals surface area contributed by atoms with Gasteiger partial charge in [-0.2, -0.15) is 0 Å². The number of benzene rings is 1. The van der Waals surface area contributed by atoms with E-state index in [9.17, 15) is 15.0 Å². The van der Waals surface area contributed by atoms with Crippen LogP contribution < -0.4 is 4.74 Å². The van der Waals surface area contributed by atoms with Crippen LogP contribution in [-0.4, -0.2) is 36.3 Å². The number of phenols is 2. The van der Waals surface area contributed by atoms with Crippen LogP contribution in [0.15, 0.2) is 6.07 Å². The fraction of sp³-hybridized carbons (Fsp3) is 0.417. The molecule has 0 amide bonds. The van der Waals surface area contributed by atoms with Crippen molar-refractivity contribution in [2.75, 3.05) is 14.2 Å². The van der Waals surface area contributed by atoms with Crippen molar-refractivity contribution in [3.8, 4) is 17.2 Å². The first-order valence-electron chi connectivity index (χ1n) is 5.10. The highest BCUT2D eigenvalue weighted by atomic mass is 16.5. The van der Waals surface area contributed by atoms with Crippen molar-refractivity contribution in [2.24, 2.45) is 0 Å². The van der Waals surface area contributed by atoms with Crippen molar-refractivity contribution in [3.05, 3.63) is 17.2 Å². The second-order valence-corrected chi connectivity index (χ2v) is 3.69. The predicted octanol–water partition coefficient (Wildman–Crippen LogP) is 1.63. The number of aromatic hydroxyl groups is 2. The van der Waals surface area contributed by atoms with E-state index in [1.165, 1.54) is 20.3 Å². The number of ketones is 1. The molecule has 1 rings (SSSR count). The molecule has 17 heavy (non-hydrogen) atoms. The highest BCUT2D eigenvalue weighted by Gasteiger charge is 2.25. The third kappa shape index (κ3) is 2.34. The summed E-state index contributed by atoms with van der Waals surface area (Å²) < 4.78 is 9.84. The van der Waals surface area contributed by atoms with E-state index in [-0.39, 0.29) is 17.1 Å². The van der Waals surface area contributed by atoms with Crippen LogP contribution in [0, 0.1) is 6.92 Å². The Hall–Kier alpha value is -1.75. The Balaban J connectivity index is 3.35. The smallest absolute Gasteiger partial charge is 0.198 e. The first kappa shape index (κ1) is 13.3. The van der Waals surface area contributed by atoms with Crippen molar-refractivity contribution in [1.82, 2.24) is 0 Å². The second kappa shape index (κ2) is 5.05. The molecule has 0 saturated heterocycles. The van der Waals surface area contributed by atoms with E-state index < -0.39 is 11.9 Å². The summed E-state index contributed by atoms with van der Waals surface area (Å²) in [6, 6.07) is 1.30. The van der Waals surface area contributed by atoms with Crippen molar-refractivity contribution >= 4 is 5.78 Å². The number of hydrogen-bond donors (Lipinski definition) is 2. The molecule has 1 aromatic carbocycles. The Kier molecular flexibility index (Phi) is 3.96. The van der Waals surface area contributed by atoms with E-state index >= 15 is 0 Å². The molecule has 0 radical (unpaired) electrons. The quantitative estimate of drug-likeness (QED) is 0.782. The number of ether oxygens (including phenoxy) is 2. The zero-order valence-corrected chi connectivity index (χ0v) is 10.3. The summed E-state index contributed by atoms with van der Waals surface area (Å²) in [6.07, 6.45) is -0.736. The topological polar surface area (TPSA) is 76.0 Å². The summed E-state index contributed by atoms with van der Waals surface area (Å²) in [6.45, 7) is 3.14. The number of Topliss-reactive ketones (excluding diaryl/α,β-unsaturated/α-hetero) is 1.